The third-order valence-corrected chi connectivity index (χ3v) is 10.9. The molecule has 2 fully saturated rings. The molecule has 30 heavy (non-hydrogen) atoms. The number of amides is 1. The first-order valence-corrected chi connectivity index (χ1v) is 14.2. The Labute approximate surface area is 176 Å². The maximum absolute atomic E-state index is 13.4. The van der Waals surface area contributed by atoms with Crippen molar-refractivity contribution < 1.29 is 34.8 Å². The zero-order valence-corrected chi connectivity index (χ0v) is 19.3. The normalized spacial score (nSPS) is 25.7. The van der Waals surface area contributed by atoms with E-state index in [9.17, 15) is 30.0 Å². The summed E-state index contributed by atoms with van der Waals surface area (Å²) in [6.45, 7) is 3.10. The highest BCUT2D eigenvalue weighted by Crippen LogP contribution is 2.36. The van der Waals surface area contributed by atoms with Crippen LogP contribution in [0.2, 0.25) is 0 Å². The van der Waals surface area contributed by atoms with Crippen molar-refractivity contribution in [1.82, 2.24) is 4.31 Å². The van der Waals surface area contributed by atoms with Crippen LogP contribution in [0, 0.1) is 5.92 Å². The minimum absolute atomic E-state index is 0.0217. The lowest BCUT2D eigenvalue weighted by Crippen LogP contribution is -2.41. The molecule has 1 amide bonds. The number of rotatable bonds is 6. The molecule has 2 heterocycles. The maximum atomic E-state index is 13.4. The van der Waals surface area contributed by atoms with E-state index in [-0.39, 0.29) is 46.6 Å². The monoisotopic (exact) mass is 480 g/mol. The minimum Gasteiger partial charge on any atom is -0.495 e. The van der Waals surface area contributed by atoms with Gasteiger partial charge in [-0.1, -0.05) is 13.8 Å². The number of methoxy groups -OCH3 is 1. The summed E-state index contributed by atoms with van der Waals surface area (Å²) in [5, 5.41) is 0. The highest BCUT2D eigenvalue weighted by Gasteiger charge is 2.43. The van der Waals surface area contributed by atoms with Crippen molar-refractivity contribution in [2.45, 2.75) is 31.2 Å². The lowest BCUT2D eigenvalue weighted by molar-refractivity contribution is -0.119. The van der Waals surface area contributed by atoms with Gasteiger partial charge in [0.15, 0.2) is 9.84 Å². The SMILES string of the molecule is CCN([C@H]1CCS(=O)(=O)C1)S(=O)(=O)c1cc(N2C(=O)[C@@H](C)CS2(=O)=O)ccc1OC. The zero-order chi connectivity index (χ0) is 22.5. The molecule has 0 radical (unpaired) electrons. The van der Waals surface area contributed by atoms with Gasteiger partial charge in [-0.3, -0.25) is 4.79 Å². The van der Waals surface area contributed by atoms with Crippen molar-refractivity contribution in [3.05, 3.63) is 18.2 Å². The molecular formula is C17H24N2O8S3. The fourth-order valence-electron chi connectivity index (χ4n) is 3.83. The lowest BCUT2D eigenvalue weighted by atomic mass is 10.2. The van der Waals surface area contributed by atoms with Crippen molar-refractivity contribution in [3.63, 3.8) is 0 Å². The van der Waals surface area contributed by atoms with Gasteiger partial charge in [0, 0.05) is 12.6 Å². The smallest absolute Gasteiger partial charge is 0.247 e. The van der Waals surface area contributed by atoms with Gasteiger partial charge in [-0.05, 0) is 24.6 Å². The van der Waals surface area contributed by atoms with Gasteiger partial charge >= 0.3 is 0 Å². The number of sulfonamides is 2. The van der Waals surface area contributed by atoms with Crippen LogP contribution in [0.1, 0.15) is 20.3 Å². The molecule has 2 aliphatic heterocycles. The molecule has 2 aliphatic rings. The fraction of sp³-hybridized carbons (Fsp3) is 0.588. The summed E-state index contributed by atoms with van der Waals surface area (Å²) >= 11 is 0. The van der Waals surface area contributed by atoms with Crippen LogP contribution in [0.15, 0.2) is 23.1 Å². The highest BCUT2D eigenvalue weighted by molar-refractivity contribution is 7.94. The van der Waals surface area contributed by atoms with Crippen LogP contribution >= 0.6 is 0 Å². The molecule has 0 spiro atoms. The predicted molar refractivity (Wildman–Crippen MR) is 110 cm³/mol. The molecule has 1 aromatic carbocycles. The van der Waals surface area contributed by atoms with Gasteiger partial charge < -0.3 is 4.74 Å². The summed E-state index contributed by atoms with van der Waals surface area (Å²) in [5.74, 6) is -2.15. The van der Waals surface area contributed by atoms with E-state index >= 15 is 0 Å². The minimum atomic E-state index is -4.24. The maximum Gasteiger partial charge on any atom is 0.247 e. The molecule has 0 N–H and O–H groups in total. The van der Waals surface area contributed by atoms with Gasteiger partial charge in [-0.25, -0.2) is 29.6 Å². The number of ether oxygens (including phenoxy) is 1. The molecule has 1 aromatic rings. The Kier molecular flexibility index (Phi) is 5.95. The molecule has 0 unspecified atom stereocenters. The van der Waals surface area contributed by atoms with Gasteiger partial charge in [0.05, 0.1) is 36.0 Å². The number of sulfone groups is 1. The van der Waals surface area contributed by atoms with E-state index in [0.29, 0.717) is 4.31 Å². The molecule has 3 rings (SSSR count). The summed E-state index contributed by atoms with van der Waals surface area (Å²) in [5.41, 5.74) is -0.0983. The van der Waals surface area contributed by atoms with Crippen molar-refractivity contribution in [2.75, 3.05) is 35.2 Å². The third-order valence-electron chi connectivity index (χ3n) is 5.26. The van der Waals surface area contributed by atoms with E-state index in [4.69, 9.17) is 4.74 Å². The lowest BCUT2D eigenvalue weighted by Gasteiger charge is -2.27. The van der Waals surface area contributed by atoms with Crippen LogP contribution in [-0.4, -0.2) is 72.4 Å². The van der Waals surface area contributed by atoms with Gasteiger partial charge in [0.2, 0.25) is 26.0 Å². The molecular weight excluding hydrogens is 456 g/mol. The Balaban J connectivity index is 2.10. The number of carbonyl (C=O) groups is 1. The molecule has 168 valence electrons. The number of carbonyl (C=O) groups excluding carboxylic acids is 1. The number of nitrogens with zero attached hydrogens (tertiary/aromatic N) is 2. The standard InChI is InChI=1S/C17H24N2O8S3/c1-4-18(14-7-8-28(21,22)11-14)30(25,26)16-9-13(5-6-15(16)27-3)19-17(20)12(2)10-29(19,23)24/h5-6,9,12,14H,4,7-8,10-11H2,1-3H3/t12-,14-/m0/s1. The summed E-state index contributed by atoms with van der Waals surface area (Å²) in [7, 11) is -10.2. The zero-order valence-electron chi connectivity index (χ0n) is 16.8. The molecule has 0 aliphatic carbocycles. The average Bonchev–Trinajstić information content (AvgIpc) is 3.10. The number of hydrogen-bond acceptors (Lipinski definition) is 8. The molecule has 10 nitrogen and oxygen atoms in total. The Morgan fingerprint density at radius 1 is 1.20 bits per heavy atom. The van der Waals surface area contributed by atoms with E-state index in [2.05, 4.69) is 0 Å². The van der Waals surface area contributed by atoms with E-state index < -0.39 is 47.8 Å². The second kappa shape index (κ2) is 7.77. The molecule has 2 atom stereocenters. The molecule has 0 saturated carbocycles. The molecule has 13 heteroatoms. The van der Waals surface area contributed by atoms with Crippen LogP contribution in [0.25, 0.3) is 0 Å². The second-order valence-corrected chi connectivity index (χ2v) is 13.3. The summed E-state index contributed by atoms with van der Waals surface area (Å²) in [6, 6.07) is 2.96. The van der Waals surface area contributed by atoms with Gasteiger partial charge in [-0.2, -0.15) is 4.31 Å². The van der Waals surface area contributed by atoms with Gasteiger partial charge in [0.1, 0.15) is 10.6 Å². The van der Waals surface area contributed by atoms with E-state index in [1.54, 1.807) is 6.92 Å². The van der Waals surface area contributed by atoms with Gasteiger partial charge in [-0.15, -0.1) is 0 Å². The van der Waals surface area contributed by atoms with Crippen molar-refractivity contribution >= 4 is 41.5 Å². The topological polar surface area (TPSA) is 135 Å². The molecule has 0 aromatic heterocycles. The highest BCUT2D eigenvalue weighted by atomic mass is 32.2. The average molecular weight is 481 g/mol. The number of anilines is 1. The summed E-state index contributed by atoms with van der Waals surface area (Å²) < 4.78 is 82.2. The fourth-order valence-corrected chi connectivity index (χ4v) is 9.31. The Bertz CT molecular complexity index is 1180. The van der Waals surface area contributed by atoms with Crippen LogP contribution in [0.5, 0.6) is 5.75 Å². The third kappa shape index (κ3) is 3.95. The second-order valence-electron chi connectivity index (χ2n) is 7.38. The molecule has 0 bridgehead atoms. The summed E-state index contributed by atoms with van der Waals surface area (Å²) in [6.07, 6.45) is 0.175. The van der Waals surface area contributed by atoms with E-state index in [1.165, 1.54) is 26.2 Å². The largest absolute Gasteiger partial charge is 0.495 e. The molecule has 2 saturated heterocycles. The van der Waals surface area contributed by atoms with E-state index in [0.717, 1.165) is 10.4 Å². The van der Waals surface area contributed by atoms with Crippen molar-refractivity contribution in [2.24, 2.45) is 5.92 Å². The quantitative estimate of drug-likeness (QED) is 0.564. The summed E-state index contributed by atoms with van der Waals surface area (Å²) in [4.78, 5) is 12.1. The van der Waals surface area contributed by atoms with Crippen molar-refractivity contribution in [1.29, 1.82) is 0 Å². The van der Waals surface area contributed by atoms with Crippen LogP contribution < -0.4 is 9.04 Å². The Hall–Kier alpha value is -1.70. The number of hydrogen-bond donors (Lipinski definition) is 0. The first-order valence-electron chi connectivity index (χ1n) is 9.31. The van der Waals surface area contributed by atoms with Gasteiger partial charge in [0.25, 0.3) is 0 Å². The Morgan fingerprint density at radius 2 is 1.87 bits per heavy atom. The van der Waals surface area contributed by atoms with Crippen LogP contribution in [-0.2, 0) is 34.7 Å². The van der Waals surface area contributed by atoms with E-state index in [1.807, 2.05) is 0 Å². The Morgan fingerprint density at radius 3 is 2.33 bits per heavy atom. The van der Waals surface area contributed by atoms with Crippen molar-refractivity contribution in [3.8, 4) is 5.75 Å². The van der Waals surface area contributed by atoms with Crippen LogP contribution in [0.3, 0.4) is 0 Å². The first-order chi connectivity index (χ1) is 13.8. The predicted octanol–water partition coefficient (Wildman–Crippen LogP) is 0.205. The van der Waals surface area contributed by atoms with Crippen LogP contribution in [0.4, 0.5) is 5.69 Å². The first kappa shape index (κ1) is 23.0. The number of benzene rings is 1.